The largest absolute Gasteiger partial charge is 0.309 e. The van der Waals surface area contributed by atoms with Crippen molar-refractivity contribution in [2.75, 3.05) is 0 Å². The van der Waals surface area contributed by atoms with Crippen molar-refractivity contribution in [2.24, 2.45) is 0 Å². The molecule has 4 nitrogen and oxygen atoms in total. The zero-order valence-corrected chi connectivity index (χ0v) is 32.1. The molecule has 57 heavy (non-hydrogen) atoms. The van der Waals surface area contributed by atoms with E-state index < -0.39 is 0 Å². The fourth-order valence-corrected chi connectivity index (χ4v) is 10.9. The molecule has 0 radical (unpaired) electrons. The third-order valence-electron chi connectivity index (χ3n) is 11.1. The van der Waals surface area contributed by atoms with Gasteiger partial charge >= 0.3 is 0 Å². The van der Waals surface area contributed by atoms with Crippen molar-refractivity contribution < 1.29 is 0 Å². The number of fused-ring (bicyclic) bond motifs is 10. The highest BCUT2D eigenvalue weighted by atomic mass is 32.1. The number of aromatic nitrogens is 4. The molecule has 4 aromatic heterocycles. The minimum atomic E-state index is 0.641. The summed E-state index contributed by atoms with van der Waals surface area (Å²) in [6, 6.07) is 64.7. The molecule has 12 aromatic rings. The third kappa shape index (κ3) is 5.15. The second-order valence-electron chi connectivity index (χ2n) is 14.4. The Balaban J connectivity index is 1.17. The van der Waals surface area contributed by atoms with E-state index in [0.29, 0.717) is 17.5 Å². The van der Waals surface area contributed by atoms with Gasteiger partial charge in [0.1, 0.15) is 0 Å². The van der Waals surface area contributed by atoms with Crippen LogP contribution in [0.1, 0.15) is 0 Å². The summed E-state index contributed by atoms with van der Waals surface area (Å²) in [7, 11) is 0. The number of hydrogen-bond donors (Lipinski definition) is 0. The van der Waals surface area contributed by atoms with E-state index in [2.05, 4.69) is 162 Å². The highest BCUT2D eigenvalue weighted by Gasteiger charge is 2.22. The van der Waals surface area contributed by atoms with Crippen LogP contribution in [0.15, 0.2) is 182 Å². The van der Waals surface area contributed by atoms with Crippen molar-refractivity contribution in [3.63, 3.8) is 0 Å². The van der Waals surface area contributed by atoms with Gasteiger partial charge in [-0.15, -0.1) is 22.7 Å². The van der Waals surface area contributed by atoms with Crippen LogP contribution in [0, 0.1) is 0 Å². The molecule has 0 unspecified atom stereocenters. The molecular weight excluding hydrogens is 733 g/mol. The van der Waals surface area contributed by atoms with E-state index in [1.807, 2.05) is 46.9 Å². The number of rotatable bonds is 5. The molecule has 0 saturated carbocycles. The van der Waals surface area contributed by atoms with E-state index in [1.54, 1.807) is 0 Å². The van der Waals surface area contributed by atoms with Crippen molar-refractivity contribution in [1.82, 2.24) is 19.5 Å². The maximum Gasteiger partial charge on any atom is 0.165 e. The van der Waals surface area contributed by atoms with Gasteiger partial charge in [-0.05, 0) is 47.5 Å². The molecule has 0 spiro atoms. The Labute approximate surface area is 335 Å². The molecule has 0 aliphatic rings. The summed E-state index contributed by atoms with van der Waals surface area (Å²) in [6.45, 7) is 0. The fourth-order valence-electron chi connectivity index (χ4n) is 8.41. The molecular formula is C51H30N4S2. The molecule has 0 N–H and O–H groups in total. The summed E-state index contributed by atoms with van der Waals surface area (Å²) >= 11 is 3.70. The zero-order chi connectivity index (χ0) is 37.5. The minimum absolute atomic E-state index is 0.641. The van der Waals surface area contributed by atoms with Crippen LogP contribution in [0.25, 0.3) is 113 Å². The molecule has 0 aliphatic carbocycles. The molecule has 8 aromatic carbocycles. The van der Waals surface area contributed by atoms with Crippen molar-refractivity contribution in [3.8, 4) is 51.0 Å². The topological polar surface area (TPSA) is 43.6 Å². The number of thiophene rings is 2. The molecule has 266 valence electrons. The highest BCUT2D eigenvalue weighted by Crippen LogP contribution is 2.48. The van der Waals surface area contributed by atoms with E-state index in [1.165, 1.54) is 52.0 Å². The SMILES string of the molecule is c1ccc(-c2ccc(-c3nc(-c4ccccc4)nc(-c4cc(-n5c6ccccc6c6ccccc65)cc5c4sc4ccc6c7ccccc7sc6c45)n3)cc2)cc1. The van der Waals surface area contributed by atoms with E-state index in [-0.39, 0.29) is 0 Å². The van der Waals surface area contributed by atoms with Crippen molar-refractivity contribution in [1.29, 1.82) is 0 Å². The molecule has 0 atom stereocenters. The maximum atomic E-state index is 5.34. The van der Waals surface area contributed by atoms with E-state index >= 15 is 0 Å². The lowest BCUT2D eigenvalue weighted by molar-refractivity contribution is 1.07. The Morgan fingerprint density at radius 1 is 0.351 bits per heavy atom. The van der Waals surface area contributed by atoms with Gasteiger partial charge in [0.15, 0.2) is 17.5 Å². The Morgan fingerprint density at radius 2 is 0.877 bits per heavy atom. The van der Waals surface area contributed by atoms with Crippen molar-refractivity contribution in [3.05, 3.63) is 182 Å². The van der Waals surface area contributed by atoms with Gasteiger partial charge in [-0.3, -0.25) is 0 Å². The van der Waals surface area contributed by atoms with E-state index in [0.717, 1.165) is 43.7 Å². The van der Waals surface area contributed by atoms with Crippen LogP contribution in [0.2, 0.25) is 0 Å². The summed E-state index contributed by atoms with van der Waals surface area (Å²) < 4.78 is 7.43. The van der Waals surface area contributed by atoms with Gasteiger partial charge in [0.05, 0.1) is 11.0 Å². The standard InChI is InChI=1S/C51H30N4S2/c1-3-13-31(14-4-1)32-23-25-34(26-24-32)50-52-49(33-15-5-2-6-16-33)53-51(54-50)41-30-35(55-42-20-10-7-17-36(42)37-18-8-11-21-43(37)55)29-40-46-45(57-47(40)41)28-27-39-38-19-9-12-22-44(38)56-48(39)46/h1-30H. The van der Waals surface area contributed by atoms with Gasteiger partial charge < -0.3 is 4.57 Å². The molecule has 0 aliphatic heterocycles. The second-order valence-corrected chi connectivity index (χ2v) is 16.5. The Hall–Kier alpha value is -6.99. The minimum Gasteiger partial charge on any atom is -0.309 e. The third-order valence-corrected chi connectivity index (χ3v) is 13.5. The van der Waals surface area contributed by atoms with Crippen LogP contribution < -0.4 is 0 Å². The molecule has 0 fully saturated rings. The summed E-state index contributed by atoms with van der Waals surface area (Å²) in [5.41, 5.74) is 8.59. The molecule has 0 bridgehead atoms. The van der Waals surface area contributed by atoms with Crippen LogP contribution in [0.3, 0.4) is 0 Å². The first-order chi connectivity index (χ1) is 28.2. The molecule has 6 heteroatoms. The second kappa shape index (κ2) is 12.8. The van der Waals surface area contributed by atoms with Crippen LogP contribution in [0.4, 0.5) is 0 Å². The zero-order valence-electron chi connectivity index (χ0n) is 30.4. The fraction of sp³-hybridized carbons (Fsp3) is 0. The van der Waals surface area contributed by atoms with Crippen LogP contribution in [0.5, 0.6) is 0 Å². The predicted octanol–water partition coefficient (Wildman–Crippen LogP) is 14.4. The monoisotopic (exact) mass is 762 g/mol. The first-order valence-corrected chi connectivity index (χ1v) is 20.7. The summed E-state index contributed by atoms with van der Waals surface area (Å²) in [4.78, 5) is 15.8. The Bertz CT molecular complexity index is 3460. The van der Waals surface area contributed by atoms with Gasteiger partial charge in [0, 0.05) is 73.5 Å². The Kier molecular flexibility index (Phi) is 7.24. The van der Waals surface area contributed by atoms with E-state index in [4.69, 9.17) is 15.0 Å². The number of nitrogens with zero attached hydrogens (tertiary/aromatic N) is 4. The van der Waals surface area contributed by atoms with E-state index in [9.17, 15) is 0 Å². The first-order valence-electron chi connectivity index (χ1n) is 19.0. The smallest absolute Gasteiger partial charge is 0.165 e. The van der Waals surface area contributed by atoms with Crippen LogP contribution in [-0.4, -0.2) is 19.5 Å². The molecule has 12 rings (SSSR count). The Morgan fingerprint density at radius 3 is 1.58 bits per heavy atom. The molecule has 0 saturated heterocycles. The highest BCUT2D eigenvalue weighted by molar-refractivity contribution is 7.30. The predicted molar refractivity (Wildman–Crippen MR) is 242 cm³/mol. The van der Waals surface area contributed by atoms with Gasteiger partial charge in [0.2, 0.25) is 0 Å². The lowest BCUT2D eigenvalue weighted by atomic mass is 10.0. The average molecular weight is 763 g/mol. The van der Waals surface area contributed by atoms with Gasteiger partial charge in [-0.1, -0.05) is 146 Å². The van der Waals surface area contributed by atoms with Crippen LogP contribution in [-0.2, 0) is 0 Å². The van der Waals surface area contributed by atoms with Gasteiger partial charge in [-0.25, -0.2) is 15.0 Å². The van der Waals surface area contributed by atoms with Crippen molar-refractivity contribution in [2.45, 2.75) is 0 Å². The van der Waals surface area contributed by atoms with Crippen molar-refractivity contribution >= 4 is 84.8 Å². The maximum absolute atomic E-state index is 5.34. The normalized spacial score (nSPS) is 11.9. The first kappa shape index (κ1) is 32.3. The quantitative estimate of drug-likeness (QED) is 0.175. The lowest BCUT2D eigenvalue weighted by Crippen LogP contribution is -2.01. The average Bonchev–Trinajstić information content (AvgIpc) is 3.96. The molecule has 4 heterocycles. The van der Waals surface area contributed by atoms with Gasteiger partial charge in [0.25, 0.3) is 0 Å². The lowest BCUT2D eigenvalue weighted by Gasteiger charge is -2.13. The summed E-state index contributed by atoms with van der Waals surface area (Å²) in [6.07, 6.45) is 0. The summed E-state index contributed by atoms with van der Waals surface area (Å²) in [5.74, 6) is 1.94. The number of hydrogen-bond acceptors (Lipinski definition) is 5. The number of benzene rings is 8. The van der Waals surface area contributed by atoms with Crippen LogP contribution >= 0.6 is 22.7 Å². The number of para-hydroxylation sites is 2. The molecule has 0 amide bonds. The summed E-state index contributed by atoms with van der Waals surface area (Å²) in [5, 5.41) is 7.53. The van der Waals surface area contributed by atoms with Gasteiger partial charge in [-0.2, -0.15) is 0 Å².